The maximum atomic E-state index is 12.3. The fourth-order valence-electron chi connectivity index (χ4n) is 3.47. The van der Waals surface area contributed by atoms with Crippen molar-refractivity contribution in [2.45, 2.75) is 55.7 Å². The highest BCUT2D eigenvalue weighted by Gasteiger charge is 2.29. The molecule has 2 aromatic rings. The van der Waals surface area contributed by atoms with Crippen LogP contribution in [0, 0.1) is 22.7 Å². The van der Waals surface area contributed by atoms with Crippen molar-refractivity contribution in [1.82, 2.24) is 0 Å². The first-order valence-corrected chi connectivity index (χ1v) is 10.3. The zero-order chi connectivity index (χ0) is 20.3. The smallest absolute Gasteiger partial charge is 0.289 e. The first kappa shape index (κ1) is 19.9. The van der Waals surface area contributed by atoms with Crippen LogP contribution in [0.15, 0.2) is 29.3 Å². The molecule has 1 aliphatic rings. The van der Waals surface area contributed by atoms with E-state index in [0.717, 1.165) is 24.8 Å². The largest absolute Gasteiger partial charge is 0.298 e. The predicted molar refractivity (Wildman–Crippen MR) is 109 cm³/mol. The average Bonchev–Trinajstić information content (AvgIpc) is 2.69. The molecule has 28 heavy (non-hydrogen) atoms. The third kappa shape index (κ3) is 3.88. The summed E-state index contributed by atoms with van der Waals surface area (Å²) >= 11 is 1.36. The van der Waals surface area contributed by atoms with Crippen molar-refractivity contribution < 1.29 is 9.78 Å². The molecular formula is C22H23N4OS+. The molecule has 3 N–H and O–H groups in total. The Morgan fingerprint density at radius 2 is 1.82 bits per heavy atom. The molecule has 6 heteroatoms. The number of anilines is 1. The minimum absolute atomic E-state index is 0.180. The van der Waals surface area contributed by atoms with Crippen LogP contribution in [0.1, 0.15) is 62.1 Å². The van der Waals surface area contributed by atoms with E-state index in [2.05, 4.69) is 31.0 Å². The molecule has 1 saturated carbocycles. The molecule has 1 aromatic heterocycles. The second-order valence-corrected chi connectivity index (χ2v) is 8.52. The van der Waals surface area contributed by atoms with Gasteiger partial charge in [-0.25, -0.2) is 4.98 Å². The van der Waals surface area contributed by atoms with Gasteiger partial charge in [0.1, 0.15) is 29.0 Å². The molecule has 5 nitrogen and oxygen atoms in total. The van der Waals surface area contributed by atoms with Gasteiger partial charge in [0.15, 0.2) is 5.03 Å². The van der Waals surface area contributed by atoms with Gasteiger partial charge in [0, 0.05) is 12.0 Å². The summed E-state index contributed by atoms with van der Waals surface area (Å²) in [5, 5.41) is 19.9. The van der Waals surface area contributed by atoms with Crippen molar-refractivity contribution in [1.29, 1.82) is 10.5 Å². The lowest BCUT2D eigenvalue weighted by Gasteiger charge is -2.20. The SMILES string of the molecule is CC(C)c1ccc(-c2c(C#N)c(N)[nH+]c(S[C@H]3CCCCC3=O)c2C#N)cc1. The Hall–Kier alpha value is -2.83. The summed E-state index contributed by atoms with van der Waals surface area (Å²) in [5.41, 5.74) is 9.23. The van der Waals surface area contributed by atoms with Gasteiger partial charge in [-0.3, -0.25) is 10.5 Å². The number of nitrogens with one attached hydrogen (secondary N) is 1. The number of hydrogen-bond donors (Lipinski definition) is 1. The standard InChI is InChI=1S/C22H22N4OS/c1-13(2)14-7-9-15(10-8-14)20-16(11-23)21(25)26-22(17(20)12-24)28-19-6-4-3-5-18(19)27/h7-10,13,19H,3-6H2,1-2H3,(H2,25,26)/p+1/t19-/m0/s1. The van der Waals surface area contributed by atoms with Crippen molar-refractivity contribution in [2.75, 3.05) is 5.73 Å². The molecule has 1 aromatic carbocycles. The minimum Gasteiger partial charge on any atom is -0.298 e. The summed E-state index contributed by atoms with van der Waals surface area (Å²) in [6.45, 7) is 4.23. The van der Waals surface area contributed by atoms with E-state index in [4.69, 9.17) is 5.73 Å². The maximum Gasteiger partial charge on any atom is 0.289 e. The molecule has 1 atom stereocenters. The third-order valence-electron chi connectivity index (χ3n) is 5.09. The van der Waals surface area contributed by atoms with Crippen molar-refractivity contribution >= 4 is 23.4 Å². The van der Waals surface area contributed by atoms with Crippen molar-refractivity contribution in [3.8, 4) is 23.3 Å². The fourth-order valence-corrected chi connectivity index (χ4v) is 4.73. The van der Waals surface area contributed by atoms with Crippen LogP contribution in [0.2, 0.25) is 0 Å². The quantitative estimate of drug-likeness (QED) is 0.840. The number of thioether (sulfide) groups is 1. The van der Waals surface area contributed by atoms with Crippen LogP contribution in [0.4, 0.5) is 5.82 Å². The first-order valence-electron chi connectivity index (χ1n) is 9.45. The Kier molecular flexibility index (Phi) is 6.02. The first-order chi connectivity index (χ1) is 13.5. The molecule has 0 amide bonds. The van der Waals surface area contributed by atoms with E-state index in [-0.39, 0.29) is 22.4 Å². The number of pyridine rings is 1. The van der Waals surface area contributed by atoms with Crippen LogP contribution in [-0.2, 0) is 4.79 Å². The molecule has 3 rings (SSSR count). The zero-order valence-electron chi connectivity index (χ0n) is 16.1. The number of aromatic amines is 1. The van der Waals surface area contributed by atoms with Crippen LogP contribution >= 0.6 is 11.8 Å². The van der Waals surface area contributed by atoms with Gasteiger partial charge in [0.2, 0.25) is 0 Å². The number of carbonyl (C=O) groups is 1. The molecular weight excluding hydrogens is 368 g/mol. The Morgan fingerprint density at radius 1 is 1.14 bits per heavy atom. The van der Waals surface area contributed by atoms with Gasteiger partial charge in [0.05, 0.1) is 5.25 Å². The number of Topliss-reactive ketones (excluding diaryl/α,β-unsaturated/α-hetero) is 1. The van der Waals surface area contributed by atoms with Crippen LogP contribution in [0.3, 0.4) is 0 Å². The number of nitrogen functional groups attached to an aromatic ring is 1. The molecule has 0 radical (unpaired) electrons. The van der Waals surface area contributed by atoms with Crippen LogP contribution in [0.5, 0.6) is 0 Å². The van der Waals surface area contributed by atoms with Crippen LogP contribution in [0.25, 0.3) is 11.1 Å². The summed E-state index contributed by atoms with van der Waals surface area (Å²) in [6, 6.07) is 12.2. The van der Waals surface area contributed by atoms with Crippen molar-refractivity contribution in [3.63, 3.8) is 0 Å². The second-order valence-electron chi connectivity index (χ2n) is 7.31. The maximum absolute atomic E-state index is 12.3. The van der Waals surface area contributed by atoms with Gasteiger partial charge in [-0.2, -0.15) is 10.5 Å². The number of hydrogen-bond acceptors (Lipinski definition) is 5. The molecule has 1 heterocycles. The predicted octanol–water partition coefficient (Wildman–Crippen LogP) is 4.22. The zero-order valence-corrected chi connectivity index (χ0v) is 16.9. The summed E-state index contributed by atoms with van der Waals surface area (Å²) in [6.07, 6.45) is 3.30. The highest BCUT2D eigenvalue weighted by atomic mass is 32.2. The number of rotatable bonds is 4. The minimum atomic E-state index is -0.180. The summed E-state index contributed by atoms with van der Waals surface area (Å²) in [5.74, 6) is 0.812. The molecule has 0 bridgehead atoms. The van der Waals surface area contributed by atoms with E-state index in [1.54, 1.807) is 0 Å². The van der Waals surface area contributed by atoms with E-state index in [1.165, 1.54) is 17.3 Å². The molecule has 1 fully saturated rings. The number of ketones is 1. The lowest BCUT2D eigenvalue weighted by atomic mass is 9.94. The van der Waals surface area contributed by atoms with Crippen molar-refractivity contribution in [2.24, 2.45) is 0 Å². The van der Waals surface area contributed by atoms with E-state index in [0.29, 0.717) is 28.5 Å². The van der Waals surface area contributed by atoms with Gasteiger partial charge in [0.25, 0.3) is 5.82 Å². The Bertz CT molecular complexity index is 984. The van der Waals surface area contributed by atoms with Crippen LogP contribution < -0.4 is 10.7 Å². The molecule has 0 unspecified atom stereocenters. The normalized spacial score (nSPS) is 16.6. The van der Waals surface area contributed by atoms with E-state index < -0.39 is 0 Å². The van der Waals surface area contributed by atoms with Gasteiger partial charge in [-0.15, -0.1) is 0 Å². The number of nitriles is 2. The van der Waals surface area contributed by atoms with Crippen LogP contribution in [-0.4, -0.2) is 11.0 Å². The van der Waals surface area contributed by atoms with E-state index >= 15 is 0 Å². The van der Waals surface area contributed by atoms with E-state index in [9.17, 15) is 15.3 Å². The lowest BCUT2D eigenvalue weighted by Crippen LogP contribution is -2.25. The summed E-state index contributed by atoms with van der Waals surface area (Å²) in [7, 11) is 0. The molecule has 1 aliphatic carbocycles. The topological polar surface area (TPSA) is 105 Å². The lowest BCUT2D eigenvalue weighted by molar-refractivity contribution is -0.410. The molecule has 142 valence electrons. The van der Waals surface area contributed by atoms with Gasteiger partial charge >= 0.3 is 0 Å². The highest BCUT2D eigenvalue weighted by molar-refractivity contribution is 8.00. The fraction of sp³-hybridized carbons (Fsp3) is 0.364. The number of benzene rings is 1. The summed E-state index contributed by atoms with van der Waals surface area (Å²) in [4.78, 5) is 15.3. The molecule has 0 spiro atoms. The Morgan fingerprint density at radius 3 is 2.39 bits per heavy atom. The van der Waals surface area contributed by atoms with Crippen molar-refractivity contribution in [3.05, 3.63) is 41.0 Å². The Labute approximate surface area is 169 Å². The average molecular weight is 392 g/mol. The monoisotopic (exact) mass is 391 g/mol. The number of nitrogens with two attached hydrogens (primary N) is 1. The van der Waals surface area contributed by atoms with Gasteiger partial charge in [-0.1, -0.05) is 56.3 Å². The third-order valence-corrected chi connectivity index (χ3v) is 6.42. The number of aromatic nitrogens is 1. The van der Waals surface area contributed by atoms with Gasteiger partial charge < -0.3 is 0 Å². The Balaban J connectivity index is 2.12. The highest BCUT2D eigenvalue weighted by Crippen LogP contribution is 2.37. The number of carbonyl (C=O) groups excluding carboxylic acids is 1. The van der Waals surface area contributed by atoms with Gasteiger partial charge in [-0.05, 0) is 29.9 Å². The molecule has 0 saturated heterocycles. The summed E-state index contributed by atoms with van der Waals surface area (Å²) < 4.78 is 0. The molecule has 0 aliphatic heterocycles. The second kappa shape index (κ2) is 8.46. The number of H-pyrrole nitrogens is 1. The number of nitrogens with zero attached hydrogens (tertiary/aromatic N) is 2. The van der Waals surface area contributed by atoms with E-state index in [1.807, 2.05) is 24.3 Å².